The van der Waals surface area contributed by atoms with Crippen LogP contribution in [0.4, 0.5) is 0 Å². The molecule has 3 heterocycles. The zero-order valence-electron chi connectivity index (χ0n) is 20.5. The van der Waals surface area contributed by atoms with Crippen molar-refractivity contribution in [2.24, 2.45) is 0 Å². The van der Waals surface area contributed by atoms with Gasteiger partial charge in [-0.15, -0.1) is 0 Å². The molecule has 3 aromatic heterocycles. The Morgan fingerprint density at radius 2 is 1.36 bits per heavy atom. The van der Waals surface area contributed by atoms with Crippen LogP contribution < -0.4 is 0 Å². The van der Waals surface area contributed by atoms with Crippen LogP contribution in [0.1, 0.15) is 26.6 Å². The highest BCUT2D eigenvalue weighted by Gasteiger charge is 2.24. The van der Waals surface area contributed by atoms with Gasteiger partial charge in [0.25, 0.3) is 0 Å². The molecule has 0 spiro atoms. The fourth-order valence-corrected chi connectivity index (χ4v) is 5.14. The van der Waals surface area contributed by atoms with Crippen LogP contribution in [0.2, 0.25) is 0 Å². The minimum atomic E-state index is -0.217. The maximum Gasteiger partial charge on any atom is 0.231 e. The van der Waals surface area contributed by atoms with Gasteiger partial charge in [-0.3, -0.25) is 0 Å². The van der Waals surface area contributed by atoms with Crippen LogP contribution in [0.3, 0.4) is 0 Å². The zero-order chi connectivity index (χ0) is 24.4. The van der Waals surface area contributed by atoms with Crippen LogP contribution in [-0.4, -0.2) is 14.5 Å². The fourth-order valence-electron chi connectivity index (χ4n) is 5.14. The van der Waals surface area contributed by atoms with Gasteiger partial charge in [-0.2, -0.15) is 4.98 Å². The molecule has 36 heavy (non-hydrogen) atoms. The van der Waals surface area contributed by atoms with E-state index in [1.165, 1.54) is 16.3 Å². The minimum absolute atomic E-state index is 0.217. The Morgan fingerprint density at radius 3 is 2.17 bits per heavy atom. The lowest BCUT2D eigenvalue weighted by Gasteiger charge is -2.17. The summed E-state index contributed by atoms with van der Waals surface area (Å²) in [6.45, 7) is 6.41. The summed E-state index contributed by atoms with van der Waals surface area (Å²) >= 11 is 0. The molecule has 0 saturated heterocycles. The first-order valence-corrected chi connectivity index (χ1v) is 12.3. The molecule has 4 heteroatoms. The Bertz CT molecular complexity index is 1920. The third-order valence-corrected chi connectivity index (χ3v) is 6.87. The van der Waals surface area contributed by atoms with Gasteiger partial charge in [0.05, 0.1) is 22.1 Å². The number of nitrogens with zero attached hydrogens (tertiary/aromatic N) is 3. The highest BCUT2D eigenvalue weighted by molar-refractivity contribution is 6.13. The SMILES string of the molecule is CC(C)(C)c1nc(-c2ccc3c4ccccc4n(-c4ccccc4)c3c2)c2c(n1)oc1ccccc12. The number of aromatic nitrogens is 3. The van der Waals surface area contributed by atoms with Gasteiger partial charge in [0, 0.05) is 32.8 Å². The first-order valence-electron chi connectivity index (χ1n) is 12.3. The lowest BCUT2D eigenvalue weighted by molar-refractivity contribution is 0.540. The van der Waals surface area contributed by atoms with Crippen molar-refractivity contribution in [3.05, 3.63) is 103 Å². The monoisotopic (exact) mass is 467 g/mol. The number of hydrogen-bond acceptors (Lipinski definition) is 3. The fraction of sp³-hybridized carbons (Fsp3) is 0.125. The molecule has 0 aliphatic rings. The quantitative estimate of drug-likeness (QED) is 0.256. The molecular formula is C32H25N3O. The lowest BCUT2D eigenvalue weighted by atomic mass is 9.95. The summed E-state index contributed by atoms with van der Waals surface area (Å²) in [5, 5.41) is 4.45. The molecule has 0 unspecified atom stereocenters. The molecule has 0 bridgehead atoms. The highest BCUT2D eigenvalue weighted by Crippen LogP contribution is 2.39. The van der Waals surface area contributed by atoms with Crippen molar-refractivity contribution in [2.45, 2.75) is 26.2 Å². The van der Waals surface area contributed by atoms with E-state index < -0.39 is 0 Å². The lowest BCUT2D eigenvalue weighted by Crippen LogP contribution is -2.16. The molecule has 7 rings (SSSR count). The van der Waals surface area contributed by atoms with Gasteiger partial charge in [-0.1, -0.05) is 87.5 Å². The Balaban J connectivity index is 1.60. The Morgan fingerprint density at radius 1 is 0.667 bits per heavy atom. The van der Waals surface area contributed by atoms with Gasteiger partial charge in [-0.05, 0) is 30.3 Å². The van der Waals surface area contributed by atoms with Crippen LogP contribution >= 0.6 is 0 Å². The van der Waals surface area contributed by atoms with E-state index in [-0.39, 0.29) is 5.41 Å². The molecule has 0 amide bonds. The molecule has 4 nitrogen and oxygen atoms in total. The third kappa shape index (κ3) is 3.07. The first kappa shape index (κ1) is 20.9. The molecule has 7 aromatic rings. The van der Waals surface area contributed by atoms with Crippen molar-refractivity contribution < 1.29 is 4.42 Å². The zero-order valence-corrected chi connectivity index (χ0v) is 20.5. The van der Waals surface area contributed by atoms with Crippen molar-refractivity contribution >= 4 is 43.9 Å². The van der Waals surface area contributed by atoms with Gasteiger partial charge >= 0.3 is 0 Å². The largest absolute Gasteiger partial charge is 0.438 e. The third-order valence-electron chi connectivity index (χ3n) is 6.87. The highest BCUT2D eigenvalue weighted by atomic mass is 16.3. The average Bonchev–Trinajstić information content (AvgIpc) is 3.43. The van der Waals surface area contributed by atoms with E-state index >= 15 is 0 Å². The summed E-state index contributed by atoms with van der Waals surface area (Å²) in [6.07, 6.45) is 0. The predicted octanol–water partition coefficient (Wildman–Crippen LogP) is 8.44. The number of furan rings is 1. The normalized spacial score (nSPS) is 12.3. The summed E-state index contributed by atoms with van der Waals surface area (Å²) in [4.78, 5) is 10.00. The molecule has 0 radical (unpaired) electrons. The summed E-state index contributed by atoms with van der Waals surface area (Å²) in [5.74, 6) is 0.771. The van der Waals surface area contributed by atoms with Gasteiger partial charge in [0.15, 0.2) is 0 Å². The smallest absolute Gasteiger partial charge is 0.231 e. The topological polar surface area (TPSA) is 43.9 Å². The minimum Gasteiger partial charge on any atom is -0.438 e. The van der Waals surface area contributed by atoms with E-state index in [0.717, 1.165) is 44.6 Å². The summed E-state index contributed by atoms with van der Waals surface area (Å²) in [6, 6.07) is 33.9. The molecule has 174 valence electrons. The molecule has 0 aliphatic carbocycles. The van der Waals surface area contributed by atoms with E-state index in [9.17, 15) is 0 Å². The average molecular weight is 468 g/mol. The van der Waals surface area contributed by atoms with Gasteiger partial charge in [0.2, 0.25) is 5.71 Å². The number of rotatable bonds is 2. The van der Waals surface area contributed by atoms with E-state index in [1.807, 2.05) is 18.2 Å². The first-order chi connectivity index (χ1) is 17.5. The molecule has 0 fully saturated rings. The number of fused-ring (bicyclic) bond motifs is 6. The van der Waals surface area contributed by atoms with Crippen molar-refractivity contribution in [3.63, 3.8) is 0 Å². The summed E-state index contributed by atoms with van der Waals surface area (Å²) in [7, 11) is 0. The maximum atomic E-state index is 6.22. The second kappa shape index (κ2) is 7.53. The van der Waals surface area contributed by atoms with Gasteiger partial charge < -0.3 is 8.98 Å². The Labute approximate surface area is 208 Å². The number of hydrogen-bond donors (Lipinski definition) is 0. The van der Waals surface area contributed by atoms with Crippen LogP contribution in [0, 0.1) is 0 Å². The van der Waals surface area contributed by atoms with E-state index in [0.29, 0.717) is 5.71 Å². The van der Waals surface area contributed by atoms with Crippen LogP contribution in [-0.2, 0) is 5.41 Å². The Hall–Kier alpha value is -4.44. The van der Waals surface area contributed by atoms with Crippen molar-refractivity contribution in [2.75, 3.05) is 0 Å². The van der Waals surface area contributed by atoms with Crippen molar-refractivity contribution in [3.8, 4) is 16.9 Å². The Kier molecular flexibility index (Phi) is 4.37. The van der Waals surface area contributed by atoms with Crippen molar-refractivity contribution in [1.29, 1.82) is 0 Å². The summed E-state index contributed by atoms with van der Waals surface area (Å²) < 4.78 is 8.56. The number of benzene rings is 4. The van der Waals surface area contributed by atoms with E-state index in [4.69, 9.17) is 14.4 Å². The van der Waals surface area contributed by atoms with Gasteiger partial charge in [0.1, 0.15) is 11.4 Å². The van der Waals surface area contributed by atoms with Crippen LogP contribution in [0.15, 0.2) is 101 Å². The van der Waals surface area contributed by atoms with Crippen LogP contribution in [0.25, 0.3) is 60.8 Å². The van der Waals surface area contributed by atoms with Crippen molar-refractivity contribution in [1.82, 2.24) is 14.5 Å². The van der Waals surface area contributed by atoms with Gasteiger partial charge in [-0.25, -0.2) is 4.98 Å². The molecule has 0 atom stereocenters. The van der Waals surface area contributed by atoms with E-state index in [1.54, 1.807) is 0 Å². The standard InChI is InChI=1S/C32H25N3O/c1-32(2,3)31-33-29(28-24-14-8-10-16-27(24)36-30(28)34-31)20-17-18-23-22-13-7-9-15-25(22)35(26(23)19-20)21-11-5-4-6-12-21/h4-19H,1-3H3. The second-order valence-electron chi connectivity index (χ2n) is 10.3. The number of para-hydroxylation sites is 3. The van der Waals surface area contributed by atoms with Crippen LogP contribution in [0.5, 0.6) is 0 Å². The predicted molar refractivity (Wildman–Crippen MR) is 148 cm³/mol. The summed E-state index contributed by atoms with van der Waals surface area (Å²) in [5.41, 5.74) is 6.67. The molecule has 0 aliphatic heterocycles. The molecule has 4 aromatic carbocycles. The maximum absolute atomic E-state index is 6.22. The molecule has 0 saturated carbocycles. The molecular weight excluding hydrogens is 442 g/mol. The second-order valence-corrected chi connectivity index (χ2v) is 10.3. The molecule has 0 N–H and O–H groups in total. The van der Waals surface area contributed by atoms with E-state index in [2.05, 4.69) is 104 Å².